The molecule has 1 aromatic rings. The summed E-state index contributed by atoms with van der Waals surface area (Å²) < 4.78 is 11.9. The Balaban J connectivity index is 2.83. The monoisotopic (exact) mass is 329 g/mol. The van der Waals surface area contributed by atoms with E-state index < -0.39 is 0 Å². The molecule has 0 amide bonds. The summed E-state index contributed by atoms with van der Waals surface area (Å²) in [5.41, 5.74) is 1.26. The summed E-state index contributed by atoms with van der Waals surface area (Å²) in [7, 11) is 5.44. The van der Waals surface area contributed by atoms with Crippen LogP contribution in [0.15, 0.2) is 22.7 Å². The van der Waals surface area contributed by atoms with Gasteiger partial charge in [-0.05, 0) is 53.0 Å². The van der Waals surface area contributed by atoms with Crippen LogP contribution in [0.5, 0.6) is 5.75 Å². The second kappa shape index (κ2) is 7.88. The van der Waals surface area contributed by atoms with Crippen LogP contribution in [0.2, 0.25) is 0 Å². The second-order valence-electron chi connectivity index (χ2n) is 5.01. The molecule has 0 aliphatic heterocycles. The van der Waals surface area contributed by atoms with Crippen molar-refractivity contribution in [1.82, 2.24) is 5.32 Å². The average molecular weight is 330 g/mol. The molecule has 0 heterocycles. The number of nitrogens with one attached hydrogen (secondary N) is 1. The summed E-state index contributed by atoms with van der Waals surface area (Å²) in [4.78, 5) is 0. The van der Waals surface area contributed by atoms with Crippen LogP contribution in [0.4, 0.5) is 0 Å². The number of methoxy groups -OCH3 is 2. The van der Waals surface area contributed by atoms with Crippen molar-refractivity contribution in [2.45, 2.75) is 32.4 Å². The van der Waals surface area contributed by atoms with Crippen LogP contribution in [-0.2, 0) is 11.2 Å². The van der Waals surface area contributed by atoms with Crippen LogP contribution < -0.4 is 10.1 Å². The van der Waals surface area contributed by atoms with Gasteiger partial charge < -0.3 is 14.8 Å². The summed E-state index contributed by atoms with van der Waals surface area (Å²) >= 11 is 3.53. The highest BCUT2D eigenvalue weighted by molar-refractivity contribution is 9.10. The lowest BCUT2D eigenvalue weighted by molar-refractivity contribution is 0.0354. The molecule has 2 atom stereocenters. The zero-order valence-electron chi connectivity index (χ0n) is 12.4. The summed E-state index contributed by atoms with van der Waals surface area (Å²) in [6, 6.07) is 6.49. The smallest absolute Gasteiger partial charge is 0.133 e. The highest BCUT2D eigenvalue weighted by atomic mass is 79.9. The number of halogens is 1. The third kappa shape index (κ3) is 4.48. The molecule has 1 aromatic carbocycles. The van der Waals surface area contributed by atoms with Crippen molar-refractivity contribution in [1.29, 1.82) is 0 Å². The third-order valence-corrected chi connectivity index (χ3v) is 3.99. The molecule has 0 saturated heterocycles. The molecule has 0 radical (unpaired) electrons. The molecule has 0 aliphatic carbocycles. The Morgan fingerprint density at radius 1 is 1.26 bits per heavy atom. The summed E-state index contributed by atoms with van der Waals surface area (Å²) in [5, 5.41) is 3.36. The largest absolute Gasteiger partial charge is 0.496 e. The van der Waals surface area contributed by atoms with Gasteiger partial charge in [0.05, 0.1) is 17.7 Å². The molecule has 0 saturated carbocycles. The molecule has 1 rings (SSSR count). The maximum Gasteiger partial charge on any atom is 0.133 e. The van der Waals surface area contributed by atoms with Gasteiger partial charge in [0.1, 0.15) is 5.75 Å². The number of likely N-dealkylation sites (N-methyl/N-ethyl adjacent to an activating group) is 1. The van der Waals surface area contributed by atoms with Crippen molar-refractivity contribution < 1.29 is 9.47 Å². The van der Waals surface area contributed by atoms with Crippen LogP contribution in [0.3, 0.4) is 0 Å². The predicted octanol–water partition coefficient (Wildman–Crippen LogP) is 3.26. The number of rotatable bonds is 7. The van der Waals surface area contributed by atoms with Crippen molar-refractivity contribution in [3.63, 3.8) is 0 Å². The molecule has 3 nitrogen and oxygen atoms in total. The van der Waals surface area contributed by atoms with Crippen molar-refractivity contribution in [2.75, 3.05) is 21.3 Å². The van der Waals surface area contributed by atoms with Gasteiger partial charge in [-0.25, -0.2) is 0 Å². The molecule has 0 aromatic heterocycles. The first-order valence-corrected chi connectivity index (χ1v) is 7.35. The lowest BCUT2D eigenvalue weighted by atomic mass is 9.94. The van der Waals surface area contributed by atoms with E-state index in [1.165, 1.54) is 5.56 Å². The van der Waals surface area contributed by atoms with E-state index in [1.807, 2.05) is 13.1 Å². The molecule has 0 spiro atoms. The first-order valence-electron chi connectivity index (χ1n) is 6.56. The highest BCUT2D eigenvalue weighted by Crippen LogP contribution is 2.26. The molecule has 19 heavy (non-hydrogen) atoms. The first kappa shape index (κ1) is 16.5. The molecular formula is C15H24BrNO2. The summed E-state index contributed by atoms with van der Waals surface area (Å²) in [6.45, 7) is 4.37. The van der Waals surface area contributed by atoms with Gasteiger partial charge in [-0.3, -0.25) is 0 Å². The van der Waals surface area contributed by atoms with Crippen molar-refractivity contribution in [2.24, 2.45) is 5.92 Å². The lowest BCUT2D eigenvalue weighted by Gasteiger charge is -2.29. The van der Waals surface area contributed by atoms with Crippen molar-refractivity contribution >= 4 is 15.9 Å². The molecule has 0 fully saturated rings. The Hall–Kier alpha value is -0.580. The summed E-state index contributed by atoms with van der Waals surface area (Å²) in [6.07, 6.45) is 1.13. The van der Waals surface area contributed by atoms with Crippen LogP contribution >= 0.6 is 15.9 Å². The van der Waals surface area contributed by atoms with Gasteiger partial charge >= 0.3 is 0 Å². The van der Waals surface area contributed by atoms with Gasteiger partial charge in [0.25, 0.3) is 0 Å². The lowest BCUT2D eigenvalue weighted by Crippen LogP contribution is -2.43. The third-order valence-electron chi connectivity index (χ3n) is 3.37. The minimum atomic E-state index is 0.200. The average Bonchev–Trinajstić information content (AvgIpc) is 2.38. The van der Waals surface area contributed by atoms with Gasteiger partial charge in [0.2, 0.25) is 0 Å². The van der Waals surface area contributed by atoms with E-state index >= 15 is 0 Å². The fraction of sp³-hybridized carbons (Fsp3) is 0.600. The minimum Gasteiger partial charge on any atom is -0.496 e. The summed E-state index contributed by atoms with van der Waals surface area (Å²) in [5.74, 6) is 1.33. The second-order valence-corrected chi connectivity index (χ2v) is 5.87. The molecule has 4 heteroatoms. The SMILES string of the molecule is CNC(Cc1ccc(OC)c(Br)c1)C(OC)C(C)C. The van der Waals surface area contributed by atoms with Gasteiger partial charge in [0, 0.05) is 13.2 Å². The Morgan fingerprint density at radius 2 is 1.95 bits per heavy atom. The van der Waals surface area contributed by atoms with Crippen molar-refractivity contribution in [3.8, 4) is 5.75 Å². The van der Waals surface area contributed by atoms with E-state index in [0.29, 0.717) is 12.0 Å². The standard InChI is InChI=1S/C15H24BrNO2/c1-10(2)15(19-5)13(17-3)9-11-6-7-14(18-4)12(16)8-11/h6-8,10,13,15,17H,9H2,1-5H3. The minimum absolute atomic E-state index is 0.200. The van der Waals surface area contributed by atoms with E-state index in [9.17, 15) is 0 Å². The highest BCUT2D eigenvalue weighted by Gasteiger charge is 2.23. The number of ether oxygens (including phenoxy) is 2. The number of hydrogen-bond acceptors (Lipinski definition) is 3. The molecule has 0 bridgehead atoms. The fourth-order valence-electron chi connectivity index (χ4n) is 2.37. The van der Waals surface area contributed by atoms with Crippen LogP contribution in [0, 0.1) is 5.92 Å². The molecular weight excluding hydrogens is 306 g/mol. The Kier molecular flexibility index (Phi) is 6.83. The Morgan fingerprint density at radius 3 is 2.37 bits per heavy atom. The maximum atomic E-state index is 5.61. The van der Waals surface area contributed by atoms with Crippen LogP contribution in [0.1, 0.15) is 19.4 Å². The van der Waals surface area contributed by atoms with Crippen molar-refractivity contribution in [3.05, 3.63) is 28.2 Å². The number of hydrogen-bond donors (Lipinski definition) is 1. The van der Waals surface area contributed by atoms with E-state index in [4.69, 9.17) is 9.47 Å². The van der Waals surface area contributed by atoms with E-state index in [-0.39, 0.29) is 6.10 Å². The van der Waals surface area contributed by atoms with E-state index in [2.05, 4.69) is 47.2 Å². The molecule has 1 N–H and O–H groups in total. The topological polar surface area (TPSA) is 30.5 Å². The molecule has 0 aliphatic rings. The van der Waals surface area contributed by atoms with Gasteiger partial charge in [-0.2, -0.15) is 0 Å². The molecule has 108 valence electrons. The maximum absolute atomic E-state index is 5.61. The zero-order chi connectivity index (χ0) is 14.4. The van der Waals surface area contributed by atoms with Gasteiger partial charge in [-0.1, -0.05) is 19.9 Å². The normalized spacial score (nSPS) is 14.5. The quantitative estimate of drug-likeness (QED) is 0.832. The van der Waals surface area contributed by atoms with E-state index in [0.717, 1.165) is 16.6 Å². The van der Waals surface area contributed by atoms with Crippen LogP contribution in [-0.4, -0.2) is 33.4 Å². The van der Waals surface area contributed by atoms with Gasteiger partial charge in [-0.15, -0.1) is 0 Å². The van der Waals surface area contributed by atoms with Gasteiger partial charge in [0.15, 0.2) is 0 Å². The molecule has 2 unspecified atom stereocenters. The Bertz CT molecular complexity index is 396. The van der Waals surface area contributed by atoms with Crippen LogP contribution in [0.25, 0.3) is 0 Å². The fourth-order valence-corrected chi connectivity index (χ4v) is 2.96. The first-order chi connectivity index (χ1) is 9.03. The number of benzene rings is 1. The Labute approximate surface area is 124 Å². The van der Waals surface area contributed by atoms with E-state index in [1.54, 1.807) is 14.2 Å². The predicted molar refractivity (Wildman–Crippen MR) is 82.9 cm³/mol. The zero-order valence-corrected chi connectivity index (χ0v) is 14.0.